The van der Waals surface area contributed by atoms with E-state index in [-0.39, 0.29) is 21.3 Å². The Kier molecular flexibility index (Phi) is 4.85. The van der Waals surface area contributed by atoms with Crippen LogP contribution in [-0.4, -0.2) is 37.3 Å². The van der Waals surface area contributed by atoms with Gasteiger partial charge in [-0.05, 0) is 49.6 Å². The van der Waals surface area contributed by atoms with Crippen molar-refractivity contribution in [3.05, 3.63) is 64.8 Å². The van der Waals surface area contributed by atoms with Gasteiger partial charge in [0, 0.05) is 29.7 Å². The van der Waals surface area contributed by atoms with Gasteiger partial charge in [-0.2, -0.15) is 0 Å². The van der Waals surface area contributed by atoms with Gasteiger partial charge in [-0.3, -0.25) is 9.78 Å². The zero-order chi connectivity index (χ0) is 19.9. The largest absolute Gasteiger partial charge is 0.339 e. The van der Waals surface area contributed by atoms with Gasteiger partial charge in [0.1, 0.15) is 0 Å². The van der Waals surface area contributed by atoms with Crippen LogP contribution in [0.2, 0.25) is 5.02 Å². The number of halogens is 1. The summed E-state index contributed by atoms with van der Waals surface area (Å²) in [6, 6.07) is 11.7. The number of aromatic nitrogens is 1. The Balaban J connectivity index is 2.04. The molecule has 0 N–H and O–H groups in total. The maximum absolute atomic E-state index is 13.7. The van der Waals surface area contributed by atoms with Crippen molar-refractivity contribution in [2.75, 3.05) is 13.1 Å². The zero-order valence-electron chi connectivity index (χ0n) is 15.4. The summed E-state index contributed by atoms with van der Waals surface area (Å²) in [6.45, 7) is 2.98. The molecule has 1 aromatic heterocycles. The predicted octanol–water partition coefficient (Wildman–Crippen LogP) is 4.27. The highest BCUT2D eigenvalue weighted by atomic mass is 35.5. The Morgan fingerprint density at radius 1 is 1.11 bits per heavy atom. The molecule has 0 spiro atoms. The normalized spacial score (nSPS) is 14.6. The number of amides is 1. The minimum atomic E-state index is -3.96. The molecule has 1 aliphatic heterocycles. The number of rotatable bonds is 3. The third-order valence-electron chi connectivity index (χ3n) is 5.06. The molecule has 5 nitrogen and oxygen atoms in total. The van der Waals surface area contributed by atoms with Crippen LogP contribution in [0.25, 0.3) is 10.9 Å². The Morgan fingerprint density at radius 2 is 1.82 bits per heavy atom. The molecule has 28 heavy (non-hydrogen) atoms. The molecule has 0 saturated carbocycles. The summed E-state index contributed by atoms with van der Waals surface area (Å²) in [5.41, 5.74) is 1.20. The first-order valence-corrected chi connectivity index (χ1v) is 10.9. The van der Waals surface area contributed by atoms with Crippen LogP contribution in [-0.2, 0) is 9.84 Å². The van der Waals surface area contributed by atoms with Crippen LogP contribution in [0, 0.1) is 6.92 Å². The van der Waals surface area contributed by atoms with E-state index in [9.17, 15) is 13.2 Å². The number of nitrogens with zero attached hydrogens (tertiary/aromatic N) is 2. The molecule has 0 aliphatic carbocycles. The third-order valence-corrected chi connectivity index (χ3v) is 7.31. The van der Waals surface area contributed by atoms with Crippen molar-refractivity contribution in [2.24, 2.45) is 0 Å². The Labute approximate surface area is 168 Å². The van der Waals surface area contributed by atoms with Gasteiger partial charge in [-0.15, -0.1) is 0 Å². The topological polar surface area (TPSA) is 67.3 Å². The molecule has 1 amide bonds. The number of pyridine rings is 1. The Bertz CT molecular complexity index is 1190. The minimum absolute atomic E-state index is 0.0220. The van der Waals surface area contributed by atoms with E-state index < -0.39 is 9.84 Å². The van der Waals surface area contributed by atoms with Crippen molar-refractivity contribution in [2.45, 2.75) is 29.6 Å². The summed E-state index contributed by atoms with van der Waals surface area (Å²) in [4.78, 5) is 19.3. The number of carbonyl (C=O) groups excluding carboxylic acids is 1. The number of hydrogen-bond acceptors (Lipinski definition) is 4. The van der Waals surface area contributed by atoms with E-state index in [2.05, 4.69) is 4.98 Å². The summed E-state index contributed by atoms with van der Waals surface area (Å²) in [5.74, 6) is -0.306. The lowest BCUT2D eigenvalue weighted by Crippen LogP contribution is -2.29. The quantitative estimate of drug-likeness (QED) is 0.642. The van der Waals surface area contributed by atoms with Crippen molar-refractivity contribution in [1.29, 1.82) is 0 Å². The molecule has 0 unspecified atom stereocenters. The zero-order valence-corrected chi connectivity index (χ0v) is 16.9. The highest BCUT2D eigenvalue weighted by Crippen LogP contribution is 2.34. The number of benzene rings is 2. The Hall–Kier alpha value is -2.44. The molecule has 1 saturated heterocycles. The average Bonchev–Trinajstić information content (AvgIpc) is 3.21. The lowest BCUT2D eigenvalue weighted by Gasteiger charge is -2.19. The minimum Gasteiger partial charge on any atom is -0.339 e. The molecule has 1 fully saturated rings. The Morgan fingerprint density at radius 3 is 2.54 bits per heavy atom. The van der Waals surface area contributed by atoms with Gasteiger partial charge in [0.05, 0.1) is 20.9 Å². The average molecular weight is 415 g/mol. The van der Waals surface area contributed by atoms with Crippen LogP contribution in [0.1, 0.15) is 28.8 Å². The van der Waals surface area contributed by atoms with Crippen molar-refractivity contribution >= 4 is 38.2 Å². The molecule has 0 bridgehead atoms. The molecule has 2 aromatic carbocycles. The van der Waals surface area contributed by atoms with E-state index in [1.54, 1.807) is 54.3 Å². The first-order valence-electron chi connectivity index (χ1n) is 9.08. The predicted molar refractivity (Wildman–Crippen MR) is 109 cm³/mol. The highest BCUT2D eigenvalue weighted by molar-refractivity contribution is 7.91. The second kappa shape index (κ2) is 7.18. The number of carbonyl (C=O) groups is 1. The second-order valence-corrected chi connectivity index (χ2v) is 9.22. The van der Waals surface area contributed by atoms with Crippen molar-refractivity contribution in [3.63, 3.8) is 0 Å². The molecule has 2 heterocycles. The lowest BCUT2D eigenvalue weighted by molar-refractivity contribution is 0.0789. The van der Waals surface area contributed by atoms with Gasteiger partial charge < -0.3 is 4.90 Å². The highest BCUT2D eigenvalue weighted by Gasteiger charge is 2.31. The van der Waals surface area contributed by atoms with Gasteiger partial charge in [0.15, 0.2) is 0 Å². The molecule has 7 heteroatoms. The molecule has 144 valence electrons. The van der Waals surface area contributed by atoms with E-state index in [4.69, 9.17) is 11.6 Å². The van der Waals surface area contributed by atoms with Crippen molar-refractivity contribution in [3.8, 4) is 0 Å². The molecular formula is C21H19ClN2O3S. The number of fused-ring (bicyclic) bond motifs is 1. The summed E-state index contributed by atoms with van der Waals surface area (Å²) in [5, 5.41) is 0.752. The third kappa shape index (κ3) is 3.16. The van der Waals surface area contributed by atoms with Crippen LogP contribution in [0.3, 0.4) is 0 Å². The summed E-state index contributed by atoms with van der Waals surface area (Å²) in [6.07, 6.45) is 3.21. The van der Waals surface area contributed by atoms with Gasteiger partial charge in [0.25, 0.3) is 5.91 Å². The fourth-order valence-electron chi connectivity index (χ4n) is 3.64. The number of likely N-dealkylation sites (tertiary alicyclic amines) is 1. The first-order chi connectivity index (χ1) is 13.4. The molecule has 1 aliphatic rings. The van der Waals surface area contributed by atoms with E-state index in [0.717, 1.165) is 12.8 Å². The molecule has 0 radical (unpaired) electrons. The molecular weight excluding hydrogens is 396 g/mol. The summed E-state index contributed by atoms with van der Waals surface area (Å²) in [7, 11) is -3.96. The standard InChI is InChI=1S/C21H19ClN2O3S/c1-14-6-2-3-7-19(14)28(26,27)20-16-12-15(22)8-9-18(16)23-13-17(20)21(25)24-10-4-5-11-24/h2-3,6-9,12-13H,4-5,10-11H2,1H3. The van der Waals surface area contributed by atoms with Gasteiger partial charge in [-0.1, -0.05) is 29.8 Å². The lowest BCUT2D eigenvalue weighted by atomic mass is 10.1. The fraction of sp³-hybridized carbons (Fsp3) is 0.238. The van der Waals surface area contributed by atoms with Crippen LogP contribution >= 0.6 is 11.6 Å². The number of hydrogen-bond donors (Lipinski definition) is 0. The second-order valence-electron chi connectivity index (χ2n) is 6.93. The number of aryl methyl sites for hydroxylation is 1. The van der Waals surface area contributed by atoms with Crippen LogP contribution < -0.4 is 0 Å². The molecule has 0 atom stereocenters. The molecule has 4 rings (SSSR count). The summed E-state index contributed by atoms with van der Waals surface area (Å²) >= 11 is 6.16. The first kappa shape index (κ1) is 18.9. The van der Waals surface area contributed by atoms with Gasteiger partial charge in [-0.25, -0.2) is 8.42 Å². The fourth-order valence-corrected chi connectivity index (χ4v) is 5.67. The van der Waals surface area contributed by atoms with E-state index in [0.29, 0.717) is 34.6 Å². The maximum Gasteiger partial charge on any atom is 0.256 e. The molecule has 3 aromatic rings. The van der Waals surface area contributed by atoms with E-state index >= 15 is 0 Å². The van der Waals surface area contributed by atoms with E-state index in [1.165, 1.54) is 6.20 Å². The van der Waals surface area contributed by atoms with Gasteiger partial charge in [0.2, 0.25) is 9.84 Å². The van der Waals surface area contributed by atoms with Crippen molar-refractivity contribution < 1.29 is 13.2 Å². The van der Waals surface area contributed by atoms with Gasteiger partial charge >= 0.3 is 0 Å². The smallest absolute Gasteiger partial charge is 0.256 e. The van der Waals surface area contributed by atoms with Crippen LogP contribution in [0.5, 0.6) is 0 Å². The van der Waals surface area contributed by atoms with E-state index in [1.807, 2.05) is 0 Å². The summed E-state index contributed by atoms with van der Waals surface area (Å²) < 4.78 is 27.4. The number of sulfone groups is 1. The van der Waals surface area contributed by atoms with Crippen LogP contribution in [0.4, 0.5) is 0 Å². The monoisotopic (exact) mass is 414 g/mol. The van der Waals surface area contributed by atoms with Crippen molar-refractivity contribution in [1.82, 2.24) is 9.88 Å². The van der Waals surface area contributed by atoms with Crippen LogP contribution in [0.15, 0.2) is 58.5 Å². The SMILES string of the molecule is Cc1ccccc1S(=O)(=O)c1c(C(=O)N2CCCC2)cnc2ccc(Cl)cc12. The maximum atomic E-state index is 13.7.